The van der Waals surface area contributed by atoms with Gasteiger partial charge in [0.05, 0.1) is 5.92 Å². The Morgan fingerprint density at radius 3 is 2.45 bits per heavy atom. The predicted octanol–water partition coefficient (Wildman–Crippen LogP) is 1.31. The number of nitrogens with zero attached hydrogens (tertiary/aromatic N) is 4. The van der Waals surface area contributed by atoms with E-state index >= 15 is 0 Å². The second kappa shape index (κ2) is 4.76. The van der Waals surface area contributed by atoms with E-state index in [9.17, 15) is 19.6 Å². The van der Waals surface area contributed by atoms with Gasteiger partial charge in [-0.05, 0) is 5.53 Å². The smallest absolute Gasteiger partial charge is 0.274 e. The molecule has 1 aliphatic heterocycles. The molecule has 2 amide bonds. The van der Waals surface area contributed by atoms with Crippen LogP contribution in [0.4, 0.5) is 0 Å². The monoisotopic (exact) mass is 274 g/mol. The summed E-state index contributed by atoms with van der Waals surface area (Å²) in [7, 11) is 0. The van der Waals surface area contributed by atoms with Crippen molar-refractivity contribution in [2.45, 2.75) is 12.5 Å². The molecule has 1 N–H and O–H groups in total. The molecule has 102 valence electrons. The van der Waals surface area contributed by atoms with Gasteiger partial charge in [-0.2, -0.15) is 5.06 Å². The van der Waals surface area contributed by atoms with Gasteiger partial charge >= 0.3 is 0 Å². The first-order valence-corrected chi connectivity index (χ1v) is 5.70. The lowest BCUT2D eigenvalue weighted by Crippen LogP contribution is -2.47. The molecule has 2 atom stereocenters. The average molecular weight is 274 g/mol. The van der Waals surface area contributed by atoms with E-state index in [1.165, 1.54) is 19.1 Å². The number of azide groups is 1. The van der Waals surface area contributed by atoms with E-state index in [2.05, 4.69) is 10.0 Å². The van der Waals surface area contributed by atoms with Crippen LogP contribution in [-0.4, -0.2) is 33.4 Å². The Hall–Kier alpha value is -2.70. The number of Topliss-reactive ketones (excluding diaryl/α,β-unsaturated/α-hetero) is 1. The van der Waals surface area contributed by atoms with Crippen molar-refractivity contribution in [2.75, 3.05) is 0 Å². The Bertz CT molecular complexity index is 638. The molecule has 0 radical (unpaired) electrons. The van der Waals surface area contributed by atoms with Crippen LogP contribution in [0.25, 0.3) is 10.4 Å². The van der Waals surface area contributed by atoms with Crippen molar-refractivity contribution >= 4 is 17.6 Å². The van der Waals surface area contributed by atoms with Crippen LogP contribution in [0.15, 0.2) is 35.4 Å². The van der Waals surface area contributed by atoms with E-state index in [1.54, 1.807) is 18.2 Å². The fraction of sp³-hybridized carbons (Fsp3) is 0.250. The second-order valence-corrected chi connectivity index (χ2v) is 4.33. The number of hydroxylamine groups is 2. The van der Waals surface area contributed by atoms with Crippen LogP contribution >= 0.6 is 0 Å². The molecule has 1 saturated heterocycles. The van der Waals surface area contributed by atoms with Crippen LogP contribution in [0, 0.1) is 5.92 Å². The molecule has 0 saturated carbocycles. The van der Waals surface area contributed by atoms with Crippen LogP contribution in [0.5, 0.6) is 0 Å². The maximum Gasteiger partial charge on any atom is 0.274 e. The van der Waals surface area contributed by atoms with Crippen LogP contribution < -0.4 is 0 Å². The first kappa shape index (κ1) is 13.7. The van der Waals surface area contributed by atoms with Crippen molar-refractivity contribution in [1.82, 2.24) is 5.06 Å². The van der Waals surface area contributed by atoms with Gasteiger partial charge in [0, 0.05) is 10.5 Å². The molecule has 8 heteroatoms. The summed E-state index contributed by atoms with van der Waals surface area (Å²) in [5.74, 6) is -4.31. The first-order valence-electron chi connectivity index (χ1n) is 5.70. The topological polar surface area (TPSA) is 123 Å². The average Bonchev–Trinajstić information content (AvgIpc) is 2.64. The third kappa shape index (κ3) is 1.67. The fourth-order valence-electron chi connectivity index (χ4n) is 2.16. The number of carbonyl (C=O) groups excluding carboxylic acids is 3. The zero-order chi connectivity index (χ0) is 14.9. The molecule has 1 fully saturated rings. The van der Waals surface area contributed by atoms with Crippen LogP contribution in [-0.2, 0) is 9.59 Å². The summed E-state index contributed by atoms with van der Waals surface area (Å²) in [6.45, 7) is 1.26. The van der Waals surface area contributed by atoms with E-state index in [-0.39, 0.29) is 10.6 Å². The van der Waals surface area contributed by atoms with Gasteiger partial charge in [-0.25, -0.2) is 0 Å². The van der Waals surface area contributed by atoms with Gasteiger partial charge in [0.15, 0.2) is 5.78 Å². The standard InChI is InChI=1S/C12H10N4O4/c1-7-10(18)16(20)11(19)12(7,14-15-13)9(17)8-5-3-2-4-6-8/h2-7,20H,1H3. The summed E-state index contributed by atoms with van der Waals surface area (Å²) in [6, 6.07) is 7.67. The van der Waals surface area contributed by atoms with Crippen LogP contribution in [0.1, 0.15) is 17.3 Å². The Balaban J connectivity index is 2.63. The van der Waals surface area contributed by atoms with Crippen molar-refractivity contribution in [3.05, 3.63) is 46.3 Å². The number of hydrogen-bond donors (Lipinski definition) is 1. The molecular formula is C12H10N4O4. The Morgan fingerprint density at radius 1 is 1.40 bits per heavy atom. The van der Waals surface area contributed by atoms with Crippen LogP contribution in [0.3, 0.4) is 0 Å². The lowest BCUT2D eigenvalue weighted by atomic mass is 9.81. The largest absolute Gasteiger partial charge is 0.293 e. The molecule has 2 rings (SSSR count). The highest BCUT2D eigenvalue weighted by Gasteiger charge is 2.62. The van der Waals surface area contributed by atoms with Gasteiger partial charge < -0.3 is 0 Å². The number of ketones is 1. The fourth-order valence-corrected chi connectivity index (χ4v) is 2.16. The Kier molecular flexibility index (Phi) is 3.27. The van der Waals surface area contributed by atoms with Crippen molar-refractivity contribution in [1.29, 1.82) is 0 Å². The van der Waals surface area contributed by atoms with E-state index in [0.29, 0.717) is 0 Å². The summed E-state index contributed by atoms with van der Waals surface area (Å²) in [6.07, 6.45) is 0. The van der Waals surface area contributed by atoms with Crippen molar-refractivity contribution < 1.29 is 19.6 Å². The van der Waals surface area contributed by atoms with Gasteiger partial charge in [0.2, 0.25) is 5.54 Å². The van der Waals surface area contributed by atoms with Crippen molar-refractivity contribution in [3.8, 4) is 0 Å². The van der Waals surface area contributed by atoms with E-state index in [4.69, 9.17) is 5.53 Å². The molecule has 2 unspecified atom stereocenters. The van der Waals surface area contributed by atoms with Gasteiger partial charge in [0.1, 0.15) is 0 Å². The molecule has 1 aromatic carbocycles. The minimum Gasteiger partial charge on any atom is -0.293 e. The third-order valence-electron chi connectivity index (χ3n) is 3.31. The molecule has 1 aromatic rings. The molecule has 0 aliphatic carbocycles. The number of benzene rings is 1. The van der Waals surface area contributed by atoms with Gasteiger partial charge in [0.25, 0.3) is 11.8 Å². The van der Waals surface area contributed by atoms with E-state index in [0.717, 1.165) is 0 Å². The molecule has 0 spiro atoms. The molecular weight excluding hydrogens is 264 g/mol. The van der Waals surface area contributed by atoms with Crippen molar-refractivity contribution in [3.63, 3.8) is 0 Å². The highest BCUT2D eigenvalue weighted by Crippen LogP contribution is 2.36. The number of hydrogen-bond acceptors (Lipinski definition) is 5. The van der Waals surface area contributed by atoms with Crippen molar-refractivity contribution in [2.24, 2.45) is 11.0 Å². The third-order valence-corrected chi connectivity index (χ3v) is 3.31. The Morgan fingerprint density at radius 2 is 2.00 bits per heavy atom. The number of imide groups is 1. The summed E-state index contributed by atoms with van der Waals surface area (Å²) in [5.41, 5.74) is 6.48. The number of rotatable bonds is 3. The normalized spacial score (nSPS) is 25.5. The van der Waals surface area contributed by atoms with E-state index in [1.807, 2.05) is 0 Å². The van der Waals surface area contributed by atoms with Gasteiger partial charge in [-0.3, -0.25) is 19.6 Å². The molecule has 1 heterocycles. The zero-order valence-corrected chi connectivity index (χ0v) is 10.4. The molecule has 1 aliphatic rings. The highest BCUT2D eigenvalue weighted by atomic mass is 16.5. The maximum atomic E-state index is 12.5. The zero-order valence-electron chi connectivity index (χ0n) is 10.4. The minimum atomic E-state index is -2.28. The number of amides is 2. The summed E-state index contributed by atoms with van der Waals surface area (Å²) >= 11 is 0. The van der Waals surface area contributed by atoms with Gasteiger partial charge in [-0.1, -0.05) is 42.4 Å². The quantitative estimate of drug-likeness (QED) is 0.170. The lowest BCUT2D eigenvalue weighted by Gasteiger charge is -2.21. The maximum absolute atomic E-state index is 12.5. The predicted molar refractivity (Wildman–Crippen MR) is 65.5 cm³/mol. The summed E-state index contributed by atoms with van der Waals surface area (Å²) < 4.78 is 0. The molecule has 0 bridgehead atoms. The highest BCUT2D eigenvalue weighted by molar-refractivity contribution is 6.26. The second-order valence-electron chi connectivity index (χ2n) is 4.33. The van der Waals surface area contributed by atoms with Crippen LogP contribution in [0.2, 0.25) is 0 Å². The lowest BCUT2D eigenvalue weighted by molar-refractivity contribution is -0.172. The molecule has 20 heavy (non-hydrogen) atoms. The summed E-state index contributed by atoms with van der Waals surface area (Å²) in [5, 5.41) is 12.5. The van der Waals surface area contributed by atoms with Gasteiger partial charge in [-0.15, -0.1) is 0 Å². The number of carbonyl (C=O) groups is 3. The first-order chi connectivity index (χ1) is 9.46. The Labute approximate surface area is 113 Å². The molecule has 0 aromatic heterocycles. The summed E-state index contributed by atoms with van der Waals surface area (Å²) in [4.78, 5) is 38.7. The van der Waals surface area contributed by atoms with E-state index < -0.39 is 29.1 Å². The SMILES string of the molecule is CC1C(=O)N(O)C(=O)C1(N=[N+]=[N-])C(=O)c1ccccc1. The minimum absolute atomic E-state index is 0.114. The molecule has 8 nitrogen and oxygen atoms in total.